The Hall–Kier alpha value is -2.17. The van der Waals surface area contributed by atoms with Crippen LogP contribution in [0.15, 0.2) is 49.9 Å². The van der Waals surface area contributed by atoms with Gasteiger partial charge in [-0.25, -0.2) is 4.79 Å². The monoisotopic (exact) mass is 218 g/mol. The largest absolute Gasteiger partial charge is 0.631 e. The molecule has 5 heteroatoms. The third-order valence-corrected chi connectivity index (χ3v) is 1.85. The van der Waals surface area contributed by atoms with E-state index < -0.39 is 13.1 Å². The topological polar surface area (TPSA) is 55.8 Å². The Balaban J connectivity index is 2.98. The molecular weight excluding hydrogens is 207 g/mol. The maximum absolute atomic E-state index is 10.8. The molecule has 1 N–H and O–H groups in total. The molecular formula is C11H11BO4. The third-order valence-electron chi connectivity index (χ3n) is 1.85. The van der Waals surface area contributed by atoms with E-state index in [1.54, 1.807) is 12.1 Å². The SMILES string of the molecule is C=COB(OC=C)c1cccc(C(=O)O)c1. The number of hydrogen-bond acceptors (Lipinski definition) is 3. The number of aromatic carboxylic acids is 1. The minimum absolute atomic E-state index is 0.169. The standard InChI is InChI=1S/C11H11BO4/c1-3-15-12(16-4-2)10-7-5-6-9(8-10)11(13)14/h3-8H,1-2H2,(H,13,14). The van der Waals surface area contributed by atoms with Crippen LogP contribution in [0.3, 0.4) is 0 Å². The van der Waals surface area contributed by atoms with Crippen molar-refractivity contribution in [3.63, 3.8) is 0 Å². The molecule has 1 rings (SSSR count). The van der Waals surface area contributed by atoms with Gasteiger partial charge in [-0.1, -0.05) is 25.3 Å². The summed E-state index contributed by atoms with van der Waals surface area (Å²) in [6, 6.07) is 6.28. The van der Waals surface area contributed by atoms with Gasteiger partial charge in [-0.15, -0.1) is 0 Å². The van der Waals surface area contributed by atoms with Crippen LogP contribution < -0.4 is 5.46 Å². The molecule has 4 nitrogen and oxygen atoms in total. The normalized spacial score (nSPS) is 9.00. The van der Waals surface area contributed by atoms with Gasteiger partial charge in [-0.2, -0.15) is 0 Å². The van der Waals surface area contributed by atoms with E-state index in [1.807, 2.05) is 0 Å². The van der Waals surface area contributed by atoms with Crippen molar-refractivity contribution in [3.8, 4) is 0 Å². The molecule has 82 valence electrons. The predicted molar refractivity (Wildman–Crippen MR) is 61.4 cm³/mol. The Bertz CT molecular complexity index is 393. The molecule has 0 aliphatic heterocycles. The first kappa shape index (κ1) is 11.9. The fourth-order valence-electron chi connectivity index (χ4n) is 1.18. The highest BCUT2D eigenvalue weighted by atomic mass is 16.6. The van der Waals surface area contributed by atoms with Crippen LogP contribution in [0, 0.1) is 0 Å². The number of benzene rings is 1. The third kappa shape index (κ3) is 2.91. The van der Waals surface area contributed by atoms with Gasteiger partial charge >= 0.3 is 13.1 Å². The minimum atomic E-state index is -1.00. The van der Waals surface area contributed by atoms with Gasteiger partial charge < -0.3 is 14.4 Å². The summed E-state index contributed by atoms with van der Waals surface area (Å²) < 4.78 is 10.2. The molecule has 0 unspecified atom stereocenters. The van der Waals surface area contributed by atoms with Crippen molar-refractivity contribution in [1.82, 2.24) is 0 Å². The summed E-state index contributed by atoms with van der Waals surface area (Å²) >= 11 is 0. The van der Waals surface area contributed by atoms with E-state index in [9.17, 15) is 4.79 Å². The van der Waals surface area contributed by atoms with Crippen LogP contribution in [0.4, 0.5) is 0 Å². The maximum atomic E-state index is 10.8. The van der Waals surface area contributed by atoms with Crippen molar-refractivity contribution >= 4 is 18.6 Å². The first-order chi connectivity index (χ1) is 7.69. The molecule has 0 aliphatic rings. The lowest BCUT2D eigenvalue weighted by Crippen LogP contribution is -2.34. The van der Waals surface area contributed by atoms with Gasteiger partial charge in [0.1, 0.15) is 0 Å². The van der Waals surface area contributed by atoms with E-state index >= 15 is 0 Å². The fourth-order valence-corrected chi connectivity index (χ4v) is 1.18. The Kier molecular flexibility index (Phi) is 4.21. The molecule has 0 aliphatic carbocycles. The summed E-state index contributed by atoms with van der Waals surface area (Å²) in [4.78, 5) is 10.8. The molecule has 0 bridgehead atoms. The molecule has 0 saturated heterocycles. The first-order valence-electron chi connectivity index (χ1n) is 4.55. The van der Waals surface area contributed by atoms with Crippen molar-refractivity contribution in [2.24, 2.45) is 0 Å². The highest BCUT2D eigenvalue weighted by molar-refractivity contribution is 6.61. The smallest absolute Gasteiger partial charge is 0.529 e. The second kappa shape index (κ2) is 5.65. The lowest BCUT2D eigenvalue weighted by molar-refractivity contribution is 0.0697. The lowest BCUT2D eigenvalue weighted by atomic mass is 9.78. The van der Waals surface area contributed by atoms with Crippen LogP contribution in [0.25, 0.3) is 0 Å². The Morgan fingerprint density at radius 1 is 1.31 bits per heavy atom. The highest BCUT2D eigenvalue weighted by Crippen LogP contribution is 2.00. The summed E-state index contributed by atoms with van der Waals surface area (Å²) in [7, 11) is -0.728. The molecule has 16 heavy (non-hydrogen) atoms. The number of hydrogen-bond donors (Lipinski definition) is 1. The van der Waals surface area contributed by atoms with Crippen molar-refractivity contribution < 1.29 is 19.2 Å². The van der Waals surface area contributed by atoms with Gasteiger partial charge in [-0.3, -0.25) is 0 Å². The number of rotatable bonds is 6. The van der Waals surface area contributed by atoms with E-state index in [0.717, 1.165) is 0 Å². The zero-order valence-corrected chi connectivity index (χ0v) is 8.63. The fraction of sp³-hybridized carbons (Fsp3) is 0. The van der Waals surface area contributed by atoms with Crippen molar-refractivity contribution in [1.29, 1.82) is 0 Å². The van der Waals surface area contributed by atoms with Gasteiger partial charge in [-0.05, 0) is 12.1 Å². The lowest BCUT2D eigenvalue weighted by Gasteiger charge is -2.10. The predicted octanol–water partition coefficient (Wildman–Crippen LogP) is 1.40. The summed E-state index contributed by atoms with van der Waals surface area (Å²) in [6.45, 7) is 6.83. The maximum Gasteiger partial charge on any atom is 0.631 e. The molecule has 1 aromatic rings. The summed E-state index contributed by atoms with van der Waals surface area (Å²) in [6.07, 6.45) is 2.45. The average Bonchev–Trinajstić information content (AvgIpc) is 2.29. The van der Waals surface area contributed by atoms with E-state index in [0.29, 0.717) is 5.46 Å². The van der Waals surface area contributed by atoms with Crippen LogP contribution in [0.1, 0.15) is 10.4 Å². The van der Waals surface area contributed by atoms with Crippen LogP contribution in [0.2, 0.25) is 0 Å². The van der Waals surface area contributed by atoms with Gasteiger partial charge in [0.05, 0.1) is 18.1 Å². The molecule has 0 fully saturated rings. The quantitative estimate of drug-likeness (QED) is 0.579. The molecule has 0 aromatic heterocycles. The first-order valence-corrected chi connectivity index (χ1v) is 4.55. The molecule has 0 amide bonds. The Morgan fingerprint density at radius 3 is 2.44 bits per heavy atom. The summed E-state index contributed by atoms with van der Waals surface area (Å²) in [5.41, 5.74) is 0.752. The Morgan fingerprint density at radius 2 is 1.94 bits per heavy atom. The van der Waals surface area contributed by atoms with Gasteiger partial charge in [0.2, 0.25) is 0 Å². The summed E-state index contributed by atoms with van der Waals surface area (Å²) in [5.74, 6) is -1.00. The molecule has 0 heterocycles. The van der Waals surface area contributed by atoms with E-state index in [1.165, 1.54) is 24.7 Å². The van der Waals surface area contributed by atoms with Crippen molar-refractivity contribution in [2.45, 2.75) is 0 Å². The van der Waals surface area contributed by atoms with E-state index in [4.69, 9.17) is 14.4 Å². The average molecular weight is 218 g/mol. The van der Waals surface area contributed by atoms with E-state index in [2.05, 4.69) is 13.2 Å². The van der Waals surface area contributed by atoms with Crippen LogP contribution in [0.5, 0.6) is 0 Å². The molecule has 0 saturated carbocycles. The number of carboxylic acid groups (broad SMARTS) is 1. The zero-order chi connectivity index (χ0) is 12.0. The second-order valence-electron chi connectivity index (χ2n) is 2.87. The number of carbonyl (C=O) groups is 1. The van der Waals surface area contributed by atoms with Gasteiger partial charge in [0.25, 0.3) is 0 Å². The van der Waals surface area contributed by atoms with Gasteiger partial charge in [0, 0.05) is 5.46 Å². The Labute approximate surface area is 94.0 Å². The van der Waals surface area contributed by atoms with E-state index in [-0.39, 0.29) is 5.56 Å². The van der Waals surface area contributed by atoms with Crippen LogP contribution >= 0.6 is 0 Å². The highest BCUT2D eigenvalue weighted by Gasteiger charge is 2.23. The molecule has 0 spiro atoms. The molecule has 0 radical (unpaired) electrons. The minimum Gasteiger partial charge on any atom is -0.529 e. The van der Waals surface area contributed by atoms with Crippen LogP contribution in [-0.4, -0.2) is 18.2 Å². The molecule has 0 atom stereocenters. The van der Waals surface area contributed by atoms with Crippen molar-refractivity contribution in [2.75, 3.05) is 0 Å². The summed E-state index contributed by atoms with van der Waals surface area (Å²) in [5, 5.41) is 8.83. The number of carboxylic acids is 1. The van der Waals surface area contributed by atoms with Gasteiger partial charge in [0.15, 0.2) is 0 Å². The molecule has 1 aromatic carbocycles. The van der Waals surface area contributed by atoms with Crippen LogP contribution in [-0.2, 0) is 9.31 Å². The second-order valence-corrected chi connectivity index (χ2v) is 2.87. The van der Waals surface area contributed by atoms with Crippen molar-refractivity contribution in [3.05, 3.63) is 55.5 Å². The zero-order valence-electron chi connectivity index (χ0n) is 8.63.